The van der Waals surface area contributed by atoms with Crippen molar-refractivity contribution in [3.63, 3.8) is 0 Å². The Hall–Kier alpha value is -0.530. The Bertz CT molecular complexity index is 324. The predicted octanol–water partition coefficient (Wildman–Crippen LogP) is 3.71. The van der Waals surface area contributed by atoms with Gasteiger partial charge in [-0.05, 0) is 44.0 Å². The van der Waals surface area contributed by atoms with Crippen molar-refractivity contribution in [2.45, 2.75) is 38.8 Å². The molecule has 1 heterocycles. The first-order valence-electron chi connectivity index (χ1n) is 5.74. The molecule has 1 fully saturated rings. The van der Waals surface area contributed by atoms with Gasteiger partial charge in [-0.1, -0.05) is 30.2 Å². The first-order chi connectivity index (χ1) is 7.25. The fourth-order valence-corrected chi connectivity index (χ4v) is 2.48. The van der Waals surface area contributed by atoms with E-state index in [1.54, 1.807) is 0 Å². The lowest BCUT2D eigenvalue weighted by atomic mass is 10.0. The van der Waals surface area contributed by atoms with Crippen LogP contribution in [0.25, 0.3) is 0 Å². The summed E-state index contributed by atoms with van der Waals surface area (Å²) in [6.45, 7) is 4.60. The number of nitrogens with zero attached hydrogens (tertiary/aromatic N) is 1. The van der Waals surface area contributed by atoms with Gasteiger partial charge in [-0.25, -0.2) is 0 Å². The zero-order valence-corrected chi connectivity index (χ0v) is 10.0. The van der Waals surface area contributed by atoms with E-state index in [2.05, 4.69) is 24.0 Å². The van der Waals surface area contributed by atoms with Crippen molar-refractivity contribution in [3.05, 3.63) is 34.9 Å². The molecule has 1 atom stereocenters. The second-order valence-electron chi connectivity index (χ2n) is 4.45. The van der Waals surface area contributed by atoms with E-state index in [9.17, 15) is 0 Å². The van der Waals surface area contributed by atoms with Crippen LogP contribution in [0.5, 0.6) is 0 Å². The lowest BCUT2D eigenvalue weighted by molar-refractivity contribution is 0.152. The van der Waals surface area contributed by atoms with Crippen molar-refractivity contribution in [1.29, 1.82) is 0 Å². The van der Waals surface area contributed by atoms with Gasteiger partial charge in [0, 0.05) is 17.6 Å². The highest BCUT2D eigenvalue weighted by molar-refractivity contribution is 6.30. The smallest absolute Gasteiger partial charge is 0.0409 e. The van der Waals surface area contributed by atoms with Gasteiger partial charge in [0.25, 0.3) is 0 Å². The summed E-state index contributed by atoms with van der Waals surface area (Å²) in [7, 11) is 0. The number of rotatable bonds is 2. The molecule has 2 rings (SSSR count). The minimum atomic E-state index is 0.720. The van der Waals surface area contributed by atoms with Crippen LogP contribution in [0, 0.1) is 0 Å². The largest absolute Gasteiger partial charge is 0.296 e. The first kappa shape index (κ1) is 11.0. The topological polar surface area (TPSA) is 3.24 Å². The van der Waals surface area contributed by atoms with Crippen molar-refractivity contribution in [2.24, 2.45) is 0 Å². The molecule has 0 spiro atoms. The Morgan fingerprint density at radius 1 is 1.40 bits per heavy atom. The molecule has 0 radical (unpaired) electrons. The summed E-state index contributed by atoms with van der Waals surface area (Å²) in [6.07, 6.45) is 4.05. The van der Waals surface area contributed by atoms with Gasteiger partial charge in [-0.3, -0.25) is 4.90 Å². The molecular formula is C13H18ClN. The van der Waals surface area contributed by atoms with E-state index >= 15 is 0 Å². The third-order valence-electron chi connectivity index (χ3n) is 3.22. The van der Waals surface area contributed by atoms with E-state index in [4.69, 9.17) is 11.6 Å². The van der Waals surface area contributed by atoms with Crippen LogP contribution in [0.2, 0.25) is 5.02 Å². The van der Waals surface area contributed by atoms with Crippen LogP contribution in [0.1, 0.15) is 31.7 Å². The van der Waals surface area contributed by atoms with Gasteiger partial charge in [0.15, 0.2) is 0 Å². The van der Waals surface area contributed by atoms with E-state index in [-0.39, 0.29) is 0 Å². The molecule has 0 aliphatic carbocycles. The van der Waals surface area contributed by atoms with Gasteiger partial charge in [-0.2, -0.15) is 0 Å². The van der Waals surface area contributed by atoms with Gasteiger partial charge in [0.2, 0.25) is 0 Å². The van der Waals surface area contributed by atoms with Crippen LogP contribution >= 0.6 is 11.6 Å². The van der Waals surface area contributed by atoms with E-state index in [0.717, 1.165) is 17.6 Å². The summed E-state index contributed by atoms with van der Waals surface area (Å²) < 4.78 is 0. The standard InChI is InChI=1S/C13H18ClN/c1-11-5-2-3-8-15(11)10-12-6-4-7-13(14)9-12/h4,6-7,9,11H,2-3,5,8,10H2,1H3. The Kier molecular flexibility index (Phi) is 3.66. The van der Waals surface area contributed by atoms with Crippen molar-refractivity contribution < 1.29 is 0 Å². The minimum Gasteiger partial charge on any atom is -0.296 e. The van der Waals surface area contributed by atoms with Crippen molar-refractivity contribution in [2.75, 3.05) is 6.54 Å². The summed E-state index contributed by atoms with van der Waals surface area (Å²) >= 11 is 5.98. The number of hydrogen-bond donors (Lipinski definition) is 0. The average molecular weight is 224 g/mol. The molecule has 1 unspecified atom stereocenters. The second-order valence-corrected chi connectivity index (χ2v) is 4.88. The Morgan fingerprint density at radius 3 is 3.00 bits per heavy atom. The van der Waals surface area contributed by atoms with Gasteiger partial charge in [0.05, 0.1) is 0 Å². The number of piperidine rings is 1. The van der Waals surface area contributed by atoms with Crippen molar-refractivity contribution in [1.82, 2.24) is 4.90 Å². The summed E-state index contributed by atoms with van der Waals surface area (Å²) in [4.78, 5) is 2.55. The van der Waals surface area contributed by atoms with Crippen LogP contribution in [-0.2, 0) is 6.54 Å². The summed E-state index contributed by atoms with van der Waals surface area (Å²) in [5, 5.41) is 0.845. The molecule has 15 heavy (non-hydrogen) atoms. The first-order valence-corrected chi connectivity index (χ1v) is 6.12. The highest BCUT2D eigenvalue weighted by Crippen LogP contribution is 2.20. The Labute approximate surface area is 97.0 Å². The number of halogens is 1. The van der Waals surface area contributed by atoms with E-state index in [1.165, 1.54) is 31.4 Å². The van der Waals surface area contributed by atoms with Gasteiger partial charge in [-0.15, -0.1) is 0 Å². The lowest BCUT2D eigenvalue weighted by Gasteiger charge is -2.33. The fraction of sp³-hybridized carbons (Fsp3) is 0.538. The maximum Gasteiger partial charge on any atom is 0.0409 e. The van der Waals surface area contributed by atoms with Gasteiger partial charge in [0.1, 0.15) is 0 Å². The van der Waals surface area contributed by atoms with Gasteiger partial charge >= 0.3 is 0 Å². The Balaban J connectivity index is 2.01. The highest BCUT2D eigenvalue weighted by Gasteiger charge is 2.17. The molecule has 1 aliphatic heterocycles. The quantitative estimate of drug-likeness (QED) is 0.739. The van der Waals surface area contributed by atoms with E-state index in [1.807, 2.05) is 12.1 Å². The number of likely N-dealkylation sites (tertiary alicyclic amines) is 1. The molecule has 1 aromatic rings. The van der Waals surface area contributed by atoms with Crippen LogP contribution in [0.4, 0.5) is 0 Å². The van der Waals surface area contributed by atoms with E-state index < -0.39 is 0 Å². The normalized spacial score (nSPS) is 22.9. The fourth-order valence-electron chi connectivity index (χ4n) is 2.26. The third kappa shape index (κ3) is 2.96. The maximum absolute atomic E-state index is 5.98. The zero-order chi connectivity index (χ0) is 10.7. The number of hydrogen-bond acceptors (Lipinski definition) is 1. The molecule has 0 aromatic heterocycles. The van der Waals surface area contributed by atoms with Crippen molar-refractivity contribution >= 4 is 11.6 Å². The summed E-state index contributed by atoms with van der Waals surface area (Å²) in [5.41, 5.74) is 1.33. The maximum atomic E-state index is 5.98. The molecule has 0 saturated carbocycles. The SMILES string of the molecule is CC1CCCCN1Cc1cccc(Cl)c1. The van der Waals surface area contributed by atoms with Crippen LogP contribution in [0.3, 0.4) is 0 Å². The zero-order valence-electron chi connectivity index (χ0n) is 9.25. The third-order valence-corrected chi connectivity index (χ3v) is 3.45. The minimum absolute atomic E-state index is 0.720. The molecule has 0 amide bonds. The Morgan fingerprint density at radius 2 is 2.27 bits per heavy atom. The molecule has 1 saturated heterocycles. The van der Waals surface area contributed by atoms with E-state index in [0.29, 0.717) is 0 Å². The molecule has 1 aromatic carbocycles. The molecule has 0 bridgehead atoms. The monoisotopic (exact) mass is 223 g/mol. The lowest BCUT2D eigenvalue weighted by Crippen LogP contribution is -2.36. The molecule has 1 nitrogen and oxygen atoms in total. The van der Waals surface area contributed by atoms with Crippen LogP contribution < -0.4 is 0 Å². The second kappa shape index (κ2) is 5.00. The van der Waals surface area contributed by atoms with Gasteiger partial charge < -0.3 is 0 Å². The molecular weight excluding hydrogens is 206 g/mol. The predicted molar refractivity (Wildman–Crippen MR) is 65.2 cm³/mol. The van der Waals surface area contributed by atoms with Crippen LogP contribution in [0.15, 0.2) is 24.3 Å². The molecule has 82 valence electrons. The molecule has 0 N–H and O–H groups in total. The molecule has 1 aliphatic rings. The highest BCUT2D eigenvalue weighted by atomic mass is 35.5. The van der Waals surface area contributed by atoms with Crippen LogP contribution in [-0.4, -0.2) is 17.5 Å². The summed E-state index contributed by atoms with van der Waals surface area (Å²) in [5.74, 6) is 0. The number of benzene rings is 1. The van der Waals surface area contributed by atoms with Crippen molar-refractivity contribution in [3.8, 4) is 0 Å². The summed E-state index contributed by atoms with van der Waals surface area (Å²) in [6, 6.07) is 8.92. The molecule has 2 heteroatoms. The average Bonchev–Trinajstić information content (AvgIpc) is 2.22.